The van der Waals surface area contributed by atoms with Gasteiger partial charge in [-0.05, 0) is 60.4 Å². The number of rotatable bonds is 7. The molecule has 0 aliphatic heterocycles. The van der Waals surface area contributed by atoms with Gasteiger partial charge in [-0.1, -0.05) is 18.2 Å². The van der Waals surface area contributed by atoms with Crippen molar-refractivity contribution in [2.45, 2.75) is 6.54 Å². The highest BCUT2D eigenvalue weighted by atomic mass is 16.2. The Morgan fingerprint density at radius 2 is 1.96 bits per heavy atom. The average Bonchev–Trinajstić information content (AvgIpc) is 3.25. The maximum Gasteiger partial charge on any atom is 0.254 e. The third-order valence-corrected chi connectivity index (χ3v) is 4.24. The lowest BCUT2D eigenvalue weighted by atomic mass is 10.1. The Hall–Kier alpha value is -3.57. The Bertz CT molecular complexity index is 976. The molecule has 0 N–H and O–H groups in total. The SMILES string of the molecule is CN(C)CCN(Cc1cccc(C#N)c1)C(=O)c1cccc(-n2cnnn2)c1. The van der Waals surface area contributed by atoms with Gasteiger partial charge >= 0.3 is 0 Å². The van der Waals surface area contributed by atoms with Crippen molar-refractivity contribution in [3.8, 4) is 11.8 Å². The van der Waals surface area contributed by atoms with Gasteiger partial charge in [0.05, 0.1) is 17.3 Å². The second-order valence-electron chi connectivity index (χ2n) is 6.65. The Balaban J connectivity index is 1.86. The van der Waals surface area contributed by atoms with Gasteiger partial charge in [0.15, 0.2) is 0 Å². The van der Waals surface area contributed by atoms with Crippen LogP contribution in [0.25, 0.3) is 5.69 Å². The zero-order valence-corrected chi connectivity index (χ0v) is 15.9. The number of tetrazole rings is 1. The monoisotopic (exact) mass is 375 g/mol. The van der Waals surface area contributed by atoms with Crippen LogP contribution in [0.2, 0.25) is 0 Å². The van der Waals surface area contributed by atoms with Gasteiger partial charge < -0.3 is 9.80 Å². The number of aromatic nitrogens is 4. The molecule has 0 bridgehead atoms. The molecule has 3 rings (SSSR count). The fourth-order valence-electron chi connectivity index (χ4n) is 2.78. The number of carbonyl (C=O) groups is 1. The van der Waals surface area contributed by atoms with E-state index in [1.165, 1.54) is 11.0 Å². The van der Waals surface area contributed by atoms with Crippen LogP contribution in [0.1, 0.15) is 21.5 Å². The predicted molar refractivity (Wildman–Crippen MR) is 104 cm³/mol. The fraction of sp³-hybridized carbons (Fsp3) is 0.250. The van der Waals surface area contributed by atoms with Crippen LogP contribution in [0, 0.1) is 11.3 Å². The summed E-state index contributed by atoms with van der Waals surface area (Å²) in [6.45, 7) is 1.73. The summed E-state index contributed by atoms with van der Waals surface area (Å²) in [6.07, 6.45) is 1.49. The minimum atomic E-state index is -0.0841. The summed E-state index contributed by atoms with van der Waals surface area (Å²) < 4.78 is 1.51. The number of hydrogen-bond donors (Lipinski definition) is 0. The van der Waals surface area contributed by atoms with Crippen LogP contribution < -0.4 is 0 Å². The summed E-state index contributed by atoms with van der Waals surface area (Å²) >= 11 is 0. The van der Waals surface area contributed by atoms with E-state index >= 15 is 0 Å². The average molecular weight is 375 g/mol. The van der Waals surface area contributed by atoms with Crippen molar-refractivity contribution in [1.82, 2.24) is 30.0 Å². The lowest BCUT2D eigenvalue weighted by Crippen LogP contribution is -2.36. The van der Waals surface area contributed by atoms with Gasteiger partial charge in [-0.2, -0.15) is 5.26 Å². The van der Waals surface area contributed by atoms with E-state index in [0.29, 0.717) is 24.2 Å². The normalized spacial score (nSPS) is 10.6. The third-order valence-electron chi connectivity index (χ3n) is 4.24. The molecule has 142 valence electrons. The van der Waals surface area contributed by atoms with E-state index in [4.69, 9.17) is 5.26 Å². The maximum atomic E-state index is 13.2. The van der Waals surface area contributed by atoms with E-state index in [1.807, 2.05) is 49.3 Å². The molecule has 0 spiro atoms. The Morgan fingerprint density at radius 1 is 1.14 bits per heavy atom. The lowest BCUT2D eigenvalue weighted by Gasteiger charge is -2.25. The van der Waals surface area contributed by atoms with E-state index in [0.717, 1.165) is 17.8 Å². The number of nitrogens with zero attached hydrogens (tertiary/aromatic N) is 7. The summed E-state index contributed by atoms with van der Waals surface area (Å²) in [6, 6.07) is 16.7. The first-order valence-corrected chi connectivity index (χ1v) is 8.83. The van der Waals surface area contributed by atoms with E-state index in [2.05, 4.69) is 21.6 Å². The number of amides is 1. The number of benzene rings is 2. The van der Waals surface area contributed by atoms with Crippen molar-refractivity contribution in [2.24, 2.45) is 0 Å². The van der Waals surface area contributed by atoms with Crippen LogP contribution in [-0.2, 0) is 6.54 Å². The Kier molecular flexibility index (Phi) is 6.09. The number of nitriles is 1. The summed E-state index contributed by atoms with van der Waals surface area (Å²) in [5.41, 5.74) is 2.78. The molecule has 0 aliphatic rings. The van der Waals surface area contributed by atoms with Gasteiger partial charge in [-0.15, -0.1) is 5.10 Å². The van der Waals surface area contributed by atoms with Gasteiger partial charge in [-0.3, -0.25) is 4.79 Å². The molecule has 2 aromatic carbocycles. The van der Waals surface area contributed by atoms with E-state index in [-0.39, 0.29) is 5.91 Å². The molecule has 1 amide bonds. The van der Waals surface area contributed by atoms with Gasteiger partial charge in [-0.25, -0.2) is 4.68 Å². The molecule has 0 radical (unpaired) electrons. The maximum absolute atomic E-state index is 13.2. The Labute approximate surface area is 163 Å². The number of carbonyl (C=O) groups excluding carboxylic acids is 1. The first kappa shape index (κ1) is 19.2. The molecule has 0 fully saturated rings. The van der Waals surface area contributed by atoms with Crippen LogP contribution >= 0.6 is 0 Å². The van der Waals surface area contributed by atoms with Crippen LogP contribution in [0.15, 0.2) is 54.9 Å². The van der Waals surface area contributed by atoms with Gasteiger partial charge in [0.1, 0.15) is 6.33 Å². The molecule has 0 aliphatic carbocycles. The second-order valence-corrected chi connectivity index (χ2v) is 6.65. The first-order valence-electron chi connectivity index (χ1n) is 8.83. The highest BCUT2D eigenvalue weighted by Crippen LogP contribution is 2.14. The van der Waals surface area contributed by atoms with Crippen molar-refractivity contribution in [3.63, 3.8) is 0 Å². The lowest BCUT2D eigenvalue weighted by molar-refractivity contribution is 0.0732. The highest BCUT2D eigenvalue weighted by molar-refractivity contribution is 5.94. The van der Waals surface area contributed by atoms with E-state index in [1.54, 1.807) is 23.1 Å². The quantitative estimate of drug-likeness (QED) is 0.625. The molecule has 28 heavy (non-hydrogen) atoms. The molecule has 8 heteroatoms. The molecular weight excluding hydrogens is 354 g/mol. The fourth-order valence-corrected chi connectivity index (χ4v) is 2.78. The van der Waals surface area contributed by atoms with Crippen molar-refractivity contribution < 1.29 is 4.79 Å². The molecule has 1 aromatic heterocycles. The number of likely N-dealkylation sites (N-methyl/N-ethyl adjacent to an activating group) is 1. The van der Waals surface area contributed by atoms with Gasteiger partial charge in [0.2, 0.25) is 0 Å². The molecule has 0 atom stereocenters. The molecule has 8 nitrogen and oxygen atoms in total. The standard InChI is InChI=1S/C20H21N7O/c1-25(2)9-10-26(14-17-6-3-5-16(11-17)13-21)20(28)18-7-4-8-19(12-18)27-15-22-23-24-27/h3-8,11-12,15H,9-10,14H2,1-2H3. The van der Waals surface area contributed by atoms with Crippen LogP contribution in [0.4, 0.5) is 0 Å². The van der Waals surface area contributed by atoms with E-state index < -0.39 is 0 Å². The van der Waals surface area contributed by atoms with Crippen molar-refractivity contribution in [1.29, 1.82) is 5.26 Å². The Morgan fingerprint density at radius 3 is 2.68 bits per heavy atom. The minimum absolute atomic E-state index is 0.0841. The predicted octanol–water partition coefficient (Wildman–Crippen LogP) is 1.74. The smallest absolute Gasteiger partial charge is 0.254 e. The largest absolute Gasteiger partial charge is 0.333 e. The molecule has 0 saturated carbocycles. The summed E-state index contributed by atoms with van der Waals surface area (Å²) in [5, 5.41) is 20.3. The molecule has 0 saturated heterocycles. The zero-order chi connectivity index (χ0) is 19.9. The van der Waals surface area contributed by atoms with Crippen molar-refractivity contribution >= 4 is 5.91 Å². The molecule has 1 heterocycles. The minimum Gasteiger partial charge on any atom is -0.333 e. The zero-order valence-electron chi connectivity index (χ0n) is 15.9. The van der Waals surface area contributed by atoms with Crippen LogP contribution in [0.5, 0.6) is 0 Å². The topological polar surface area (TPSA) is 90.9 Å². The second kappa shape index (κ2) is 8.88. The number of hydrogen-bond acceptors (Lipinski definition) is 6. The van der Waals surface area contributed by atoms with Gasteiger partial charge in [0.25, 0.3) is 5.91 Å². The van der Waals surface area contributed by atoms with Gasteiger partial charge in [0, 0.05) is 25.2 Å². The van der Waals surface area contributed by atoms with Crippen LogP contribution in [-0.4, -0.2) is 63.1 Å². The highest BCUT2D eigenvalue weighted by Gasteiger charge is 2.17. The molecular formula is C20H21N7O. The first-order chi connectivity index (χ1) is 13.6. The van der Waals surface area contributed by atoms with Crippen molar-refractivity contribution in [2.75, 3.05) is 27.2 Å². The summed E-state index contributed by atoms with van der Waals surface area (Å²) in [5.74, 6) is -0.0841. The van der Waals surface area contributed by atoms with Crippen molar-refractivity contribution in [3.05, 3.63) is 71.5 Å². The van der Waals surface area contributed by atoms with E-state index in [9.17, 15) is 4.79 Å². The molecule has 0 unspecified atom stereocenters. The van der Waals surface area contributed by atoms with Crippen LogP contribution in [0.3, 0.4) is 0 Å². The summed E-state index contributed by atoms with van der Waals surface area (Å²) in [7, 11) is 3.94. The third kappa shape index (κ3) is 4.78. The summed E-state index contributed by atoms with van der Waals surface area (Å²) in [4.78, 5) is 17.0. The molecule has 3 aromatic rings.